The van der Waals surface area contributed by atoms with E-state index in [-0.39, 0.29) is 22.2 Å². The predicted molar refractivity (Wildman–Crippen MR) is 135 cm³/mol. The molecule has 3 aromatic rings. The van der Waals surface area contributed by atoms with Crippen LogP contribution >= 0.6 is 0 Å². The van der Waals surface area contributed by atoms with Gasteiger partial charge in [0, 0.05) is 38.4 Å². The first-order valence-corrected chi connectivity index (χ1v) is 11.7. The van der Waals surface area contributed by atoms with Crippen LogP contribution in [0.2, 0.25) is 0 Å². The van der Waals surface area contributed by atoms with Gasteiger partial charge in [0.15, 0.2) is 0 Å². The van der Waals surface area contributed by atoms with Gasteiger partial charge in [0.25, 0.3) is 0 Å². The van der Waals surface area contributed by atoms with Crippen molar-refractivity contribution >= 4 is 22.5 Å². The van der Waals surface area contributed by atoms with Crippen LogP contribution in [0.5, 0.6) is 5.75 Å². The summed E-state index contributed by atoms with van der Waals surface area (Å²) in [5.74, 6) is 0.970. The summed E-state index contributed by atoms with van der Waals surface area (Å²) in [4.78, 5) is 13.3. The number of hydrogen-bond acceptors (Lipinski definition) is 4. The molecule has 1 amide bonds. The third-order valence-electron chi connectivity index (χ3n) is 6.96. The van der Waals surface area contributed by atoms with Crippen LogP contribution in [0.3, 0.4) is 0 Å². The zero-order chi connectivity index (χ0) is 23.4. The van der Waals surface area contributed by atoms with Crippen molar-refractivity contribution in [2.45, 2.75) is 63.5 Å². The number of benzene rings is 2. The quantitative estimate of drug-likeness (QED) is 0.507. The van der Waals surface area contributed by atoms with Gasteiger partial charge in [-0.2, -0.15) is 0 Å². The molecule has 0 radical (unpaired) electrons. The van der Waals surface area contributed by atoms with E-state index in [4.69, 9.17) is 4.74 Å². The van der Waals surface area contributed by atoms with Gasteiger partial charge in [0.05, 0.1) is 31.3 Å². The van der Waals surface area contributed by atoms with Gasteiger partial charge in [0.1, 0.15) is 5.75 Å². The zero-order valence-electron chi connectivity index (χ0n) is 19.5. The van der Waals surface area contributed by atoms with Crippen LogP contribution in [-0.2, 0) is 28.6 Å². The standard InChI is InChI=1S/C27H32N2O4.3H2/c1-26(2,3)24-14-18-13-20(5-6-22(18)29(24)15-21(31)16-30)28-25(32)27(9-10-27)19-4-7-23-17(12-19)8-11-33-23;;;/h4-7,12-14,21,30-31H,8-11,15-16H2,1-3H3,(H,28,32);3*1H/t21-;;;/m1.../s1. The van der Waals surface area contributed by atoms with Crippen LogP contribution in [0, 0.1) is 0 Å². The Labute approximate surface area is 198 Å². The smallest absolute Gasteiger partial charge is 0.235 e. The number of carbonyl (C=O) groups excluding carboxylic acids is 1. The number of anilines is 1. The number of aromatic nitrogens is 1. The molecule has 1 aliphatic carbocycles. The summed E-state index contributed by atoms with van der Waals surface area (Å²) < 4.78 is 7.68. The molecule has 2 heterocycles. The molecule has 1 aliphatic heterocycles. The summed E-state index contributed by atoms with van der Waals surface area (Å²) in [7, 11) is 0. The third kappa shape index (κ3) is 3.91. The summed E-state index contributed by atoms with van der Waals surface area (Å²) in [6.45, 7) is 7.14. The monoisotopic (exact) mass is 454 g/mol. The fraction of sp³-hybridized carbons (Fsp3) is 0.444. The number of aliphatic hydroxyl groups is 2. The molecule has 1 atom stereocenters. The Morgan fingerprint density at radius 2 is 2.00 bits per heavy atom. The van der Waals surface area contributed by atoms with E-state index in [1.54, 1.807) is 0 Å². The van der Waals surface area contributed by atoms with E-state index in [2.05, 4.69) is 42.8 Å². The lowest BCUT2D eigenvalue weighted by Gasteiger charge is -2.23. The number of nitrogens with zero attached hydrogens (tertiary/aromatic N) is 1. The average Bonchev–Trinajstić information content (AvgIpc) is 3.32. The first-order valence-electron chi connectivity index (χ1n) is 11.7. The van der Waals surface area contributed by atoms with E-state index < -0.39 is 11.5 Å². The Morgan fingerprint density at radius 3 is 2.70 bits per heavy atom. The number of nitrogens with one attached hydrogen (secondary N) is 1. The van der Waals surface area contributed by atoms with Crippen molar-refractivity contribution in [1.29, 1.82) is 0 Å². The molecule has 33 heavy (non-hydrogen) atoms. The second kappa shape index (κ2) is 7.89. The molecule has 1 fully saturated rings. The largest absolute Gasteiger partial charge is 0.493 e. The Bertz CT molecular complexity index is 1230. The fourth-order valence-electron chi connectivity index (χ4n) is 4.94. The maximum atomic E-state index is 13.3. The third-order valence-corrected chi connectivity index (χ3v) is 6.96. The average molecular weight is 455 g/mol. The fourth-order valence-corrected chi connectivity index (χ4v) is 4.94. The van der Waals surface area contributed by atoms with E-state index in [1.165, 1.54) is 5.56 Å². The molecule has 0 saturated heterocycles. The Kier molecular flexibility index (Phi) is 5.26. The molecule has 180 valence electrons. The second-order valence-electron chi connectivity index (χ2n) is 10.5. The van der Waals surface area contributed by atoms with Crippen LogP contribution in [-0.4, -0.2) is 40.0 Å². The number of carbonyl (C=O) groups is 1. The number of rotatable bonds is 6. The van der Waals surface area contributed by atoms with Crippen molar-refractivity contribution in [3.63, 3.8) is 0 Å². The van der Waals surface area contributed by atoms with Gasteiger partial charge < -0.3 is 24.8 Å². The highest BCUT2D eigenvalue weighted by molar-refractivity contribution is 6.02. The predicted octanol–water partition coefficient (Wildman–Crippen LogP) is 4.64. The van der Waals surface area contributed by atoms with Gasteiger partial charge >= 0.3 is 0 Å². The SMILES string of the molecule is CC(C)(C)c1cc2cc(NC(=O)C3(c4ccc5c(c4)CCO5)CC3)ccc2n1C[C@@H](O)CO.[HH].[HH].[HH]. The summed E-state index contributed by atoms with van der Waals surface area (Å²) in [5, 5.41) is 23.6. The Hall–Kier alpha value is -2.83. The second-order valence-corrected chi connectivity index (χ2v) is 10.5. The summed E-state index contributed by atoms with van der Waals surface area (Å²) in [6, 6.07) is 14.2. The van der Waals surface area contributed by atoms with Crippen molar-refractivity contribution in [2.24, 2.45) is 0 Å². The minimum atomic E-state index is -0.825. The van der Waals surface area contributed by atoms with Crippen molar-refractivity contribution in [2.75, 3.05) is 18.5 Å². The summed E-state index contributed by atoms with van der Waals surface area (Å²) in [5.41, 5.74) is 4.49. The molecule has 2 aromatic carbocycles. The van der Waals surface area contributed by atoms with Crippen LogP contribution in [0.1, 0.15) is 54.7 Å². The maximum Gasteiger partial charge on any atom is 0.235 e. The van der Waals surface area contributed by atoms with Crippen molar-refractivity contribution in [1.82, 2.24) is 4.57 Å². The molecular weight excluding hydrogens is 416 g/mol. The number of amides is 1. The number of ether oxygens (including phenoxy) is 1. The first kappa shape index (κ1) is 22.0. The van der Waals surface area contributed by atoms with Gasteiger partial charge in [-0.05, 0) is 54.3 Å². The highest BCUT2D eigenvalue weighted by Gasteiger charge is 2.51. The van der Waals surface area contributed by atoms with E-state index in [1.807, 2.05) is 30.3 Å². The molecule has 0 unspecified atom stereocenters. The molecule has 5 rings (SSSR count). The molecule has 0 bridgehead atoms. The molecule has 2 aliphatic rings. The lowest BCUT2D eigenvalue weighted by atomic mass is 9.92. The van der Waals surface area contributed by atoms with Gasteiger partial charge in [-0.25, -0.2) is 0 Å². The highest BCUT2D eigenvalue weighted by atomic mass is 16.5. The molecule has 0 spiro atoms. The van der Waals surface area contributed by atoms with Gasteiger partial charge in [-0.3, -0.25) is 4.79 Å². The van der Waals surface area contributed by atoms with Crippen LogP contribution in [0.15, 0.2) is 42.5 Å². The van der Waals surface area contributed by atoms with E-state index in [0.29, 0.717) is 13.2 Å². The first-order chi connectivity index (χ1) is 15.7. The van der Waals surface area contributed by atoms with E-state index in [9.17, 15) is 15.0 Å². The van der Waals surface area contributed by atoms with Crippen LogP contribution in [0.25, 0.3) is 10.9 Å². The summed E-state index contributed by atoms with van der Waals surface area (Å²) >= 11 is 0. The van der Waals surface area contributed by atoms with E-state index >= 15 is 0 Å². The normalized spacial score (nSPS) is 17.5. The Balaban J connectivity index is 0.00000152. The van der Waals surface area contributed by atoms with Crippen molar-refractivity contribution < 1.29 is 24.0 Å². The lowest BCUT2D eigenvalue weighted by molar-refractivity contribution is -0.118. The topological polar surface area (TPSA) is 83.7 Å². The minimum Gasteiger partial charge on any atom is -0.493 e. The number of hydrogen-bond donors (Lipinski definition) is 3. The van der Waals surface area contributed by atoms with Crippen molar-refractivity contribution in [3.8, 4) is 5.75 Å². The molecule has 1 saturated carbocycles. The molecular formula is C27H38N2O4. The highest BCUT2D eigenvalue weighted by Crippen LogP contribution is 2.50. The molecule has 3 N–H and O–H groups in total. The molecule has 6 nitrogen and oxygen atoms in total. The maximum absolute atomic E-state index is 13.3. The lowest BCUT2D eigenvalue weighted by Crippen LogP contribution is -2.27. The Morgan fingerprint density at radius 1 is 1.21 bits per heavy atom. The van der Waals surface area contributed by atoms with Gasteiger partial charge in [-0.15, -0.1) is 0 Å². The molecule has 1 aromatic heterocycles. The minimum absolute atomic E-state index is 0. The number of fused-ring (bicyclic) bond motifs is 2. The summed E-state index contributed by atoms with van der Waals surface area (Å²) in [6.07, 6.45) is 1.78. The van der Waals surface area contributed by atoms with Gasteiger partial charge in [-0.1, -0.05) is 32.9 Å². The van der Waals surface area contributed by atoms with Crippen LogP contribution < -0.4 is 10.1 Å². The number of aliphatic hydroxyl groups excluding tert-OH is 2. The zero-order valence-corrected chi connectivity index (χ0v) is 19.5. The van der Waals surface area contributed by atoms with Crippen LogP contribution in [0.4, 0.5) is 5.69 Å². The van der Waals surface area contributed by atoms with Gasteiger partial charge in [0.2, 0.25) is 5.91 Å². The molecule has 6 heteroatoms. The van der Waals surface area contributed by atoms with E-state index in [0.717, 1.165) is 52.9 Å². The van der Waals surface area contributed by atoms with Crippen molar-refractivity contribution in [3.05, 3.63) is 59.3 Å².